The van der Waals surface area contributed by atoms with Crippen molar-refractivity contribution in [3.63, 3.8) is 0 Å². The maximum atomic E-state index is 11.3. The SMILES string of the molecule is CCCC(=O)C#Cc1ccc(OC)c(OC)c1. The molecule has 0 atom stereocenters. The van der Waals surface area contributed by atoms with Crippen LogP contribution in [0.25, 0.3) is 0 Å². The third kappa shape index (κ3) is 3.84. The van der Waals surface area contributed by atoms with Crippen LogP contribution in [0.2, 0.25) is 0 Å². The summed E-state index contributed by atoms with van der Waals surface area (Å²) in [5.74, 6) is 6.65. The van der Waals surface area contributed by atoms with Gasteiger partial charge < -0.3 is 9.47 Å². The molecule has 0 aliphatic carbocycles. The first-order valence-corrected chi connectivity index (χ1v) is 5.48. The Balaban J connectivity index is 2.89. The molecule has 3 heteroatoms. The average Bonchev–Trinajstić information content (AvgIpc) is 2.36. The van der Waals surface area contributed by atoms with E-state index in [1.54, 1.807) is 32.4 Å². The van der Waals surface area contributed by atoms with E-state index in [0.29, 0.717) is 17.9 Å². The van der Waals surface area contributed by atoms with E-state index in [1.807, 2.05) is 6.92 Å². The van der Waals surface area contributed by atoms with E-state index in [0.717, 1.165) is 12.0 Å². The molecule has 0 unspecified atom stereocenters. The van der Waals surface area contributed by atoms with Gasteiger partial charge in [0.15, 0.2) is 11.5 Å². The van der Waals surface area contributed by atoms with E-state index < -0.39 is 0 Å². The second kappa shape index (κ2) is 6.59. The summed E-state index contributed by atoms with van der Waals surface area (Å²) in [5.41, 5.74) is 0.743. The molecule has 0 N–H and O–H groups in total. The van der Waals surface area contributed by atoms with Gasteiger partial charge in [-0.1, -0.05) is 12.8 Å². The molecule has 0 aromatic heterocycles. The highest BCUT2D eigenvalue weighted by atomic mass is 16.5. The number of carbonyl (C=O) groups excluding carboxylic acids is 1. The number of Topliss-reactive ketones (excluding diaryl/α,β-unsaturated/α-hetero) is 1. The van der Waals surface area contributed by atoms with Gasteiger partial charge in [0.2, 0.25) is 5.78 Å². The van der Waals surface area contributed by atoms with Crippen LogP contribution in [0, 0.1) is 11.8 Å². The van der Waals surface area contributed by atoms with Crippen LogP contribution < -0.4 is 9.47 Å². The van der Waals surface area contributed by atoms with Gasteiger partial charge in [-0.25, -0.2) is 0 Å². The zero-order valence-corrected chi connectivity index (χ0v) is 10.4. The van der Waals surface area contributed by atoms with Gasteiger partial charge in [-0.2, -0.15) is 0 Å². The minimum atomic E-state index is -0.0396. The van der Waals surface area contributed by atoms with Gasteiger partial charge in [0.05, 0.1) is 14.2 Å². The van der Waals surface area contributed by atoms with E-state index in [-0.39, 0.29) is 5.78 Å². The third-order valence-electron chi connectivity index (χ3n) is 2.21. The molecular weight excluding hydrogens is 216 g/mol. The van der Waals surface area contributed by atoms with Gasteiger partial charge in [-0.05, 0) is 30.5 Å². The van der Waals surface area contributed by atoms with Crippen molar-refractivity contribution >= 4 is 5.78 Å². The lowest BCUT2D eigenvalue weighted by atomic mass is 10.2. The predicted molar refractivity (Wildman–Crippen MR) is 66.3 cm³/mol. The summed E-state index contributed by atoms with van der Waals surface area (Å²) < 4.78 is 10.3. The number of hydrogen-bond acceptors (Lipinski definition) is 3. The molecule has 3 nitrogen and oxygen atoms in total. The summed E-state index contributed by atoms with van der Waals surface area (Å²) in [5, 5.41) is 0. The highest BCUT2D eigenvalue weighted by molar-refractivity contribution is 5.95. The van der Waals surface area contributed by atoms with Crippen LogP contribution >= 0.6 is 0 Å². The maximum Gasteiger partial charge on any atom is 0.205 e. The minimum absolute atomic E-state index is 0.0396. The van der Waals surface area contributed by atoms with Gasteiger partial charge in [0, 0.05) is 12.0 Å². The van der Waals surface area contributed by atoms with E-state index in [9.17, 15) is 4.79 Å². The maximum absolute atomic E-state index is 11.3. The molecule has 0 spiro atoms. The third-order valence-corrected chi connectivity index (χ3v) is 2.21. The highest BCUT2D eigenvalue weighted by Gasteiger charge is 2.02. The van der Waals surface area contributed by atoms with Gasteiger partial charge >= 0.3 is 0 Å². The number of rotatable bonds is 4. The molecule has 0 saturated carbocycles. The second-order valence-corrected chi connectivity index (χ2v) is 3.49. The molecule has 0 aliphatic rings. The van der Waals surface area contributed by atoms with E-state index in [2.05, 4.69) is 11.8 Å². The van der Waals surface area contributed by atoms with Crippen LogP contribution in [-0.4, -0.2) is 20.0 Å². The number of methoxy groups -OCH3 is 2. The van der Waals surface area contributed by atoms with Crippen LogP contribution in [0.15, 0.2) is 18.2 Å². The summed E-state index contributed by atoms with van der Waals surface area (Å²) >= 11 is 0. The number of hydrogen-bond donors (Lipinski definition) is 0. The van der Waals surface area contributed by atoms with Crippen LogP contribution in [-0.2, 0) is 4.79 Å². The molecule has 0 saturated heterocycles. The fraction of sp³-hybridized carbons (Fsp3) is 0.357. The first-order valence-electron chi connectivity index (χ1n) is 5.48. The Morgan fingerprint density at radius 1 is 1.24 bits per heavy atom. The molecule has 0 heterocycles. The Labute approximate surface area is 102 Å². The zero-order chi connectivity index (χ0) is 12.7. The van der Waals surface area contributed by atoms with Crippen LogP contribution in [0.5, 0.6) is 11.5 Å². The van der Waals surface area contributed by atoms with Crippen molar-refractivity contribution < 1.29 is 14.3 Å². The number of carbonyl (C=O) groups is 1. The first kappa shape index (κ1) is 13.1. The number of ketones is 1. The Bertz CT molecular complexity index is 452. The van der Waals surface area contributed by atoms with Crippen molar-refractivity contribution in [2.24, 2.45) is 0 Å². The fourth-order valence-electron chi connectivity index (χ4n) is 1.35. The Morgan fingerprint density at radius 3 is 2.53 bits per heavy atom. The van der Waals surface area contributed by atoms with Gasteiger partial charge in [0.25, 0.3) is 0 Å². The minimum Gasteiger partial charge on any atom is -0.493 e. The lowest BCUT2D eigenvalue weighted by molar-refractivity contribution is -0.113. The molecule has 0 amide bonds. The molecule has 0 radical (unpaired) electrons. The fourth-order valence-corrected chi connectivity index (χ4v) is 1.35. The monoisotopic (exact) mass is 232 g/mol. The molecule has 1 rings (SSSR count). The largest absolute Gasteiger partial charge is 0.493 e. The Hall–Kier alpha value is -1.95. The highest BCUT2D eigenvalue weighted by Crippen LogP contribution is 2.27. The van der Waals surface area contributed by atoms with Crippen molar-refractivity contribution in [2.45, 2.75) is 19.8 Å². The molecule has 0 fully saturated rings. The molecule has 17 heavy (non-hydrogen) atoms. The van der Waals surface area contributed by atoms with Crippen molar-refractivity contribution in [1.82, 2.24) is 0 Å². The van der Waals surface area contributed by atoms with Crippen molar-refractivity contribution in [3.05, 3.63) is 23.8 Å². The van der Waals surface area contributed by atoms with E-state index >= 15 is 0 Å². The van der Waals surface area contributed by atoms with Gasteiger partial charge in [-0.15, -0.1) is 0 Å². The topological polar surface area (TPSA) is 35.5 Å². The van der Waals surface area contributed by atoms with E-state index in [4.69, 9.17) is 9.47 Å². The van der Waals surface area contributed by atoms with Crippen molar-refractivity contribution in [1.29, 1.82) is 0 Å². The molecular formula is C14H16O3. The number of benzene rings is 1. The van der Waals surface area contributed by atoms with Gasteiger partial charge in [0.1, 0.15) is 0 Å². The summed E-state index contributed by atoms with van der Waals surface area (Å²) in [6.45, 7) is 1.95. The molecule has 90 valence electrons. The summed E-state index contributed by atoms with van der Waals surface area (Å²) in [6.07, 6.45) is 1.32. The lowest BCUT2D eigenvalue weighted by Gasteiger charge is -2.06. The molecule has 1 aromatic rings. The Kier molecular flexibility index (Phi) is 5.09. The Morgan fingerprint density at radius 2 is 1.94 bits per heavy atom. The first-order chi connectivity index (χ1) is 8.21. The zero-order valence-electron chi connectivity index (χ0n) is 10.4. The molecule has 1 aromatic carbocycles. The van der Waals surface area contributed by atoms with Crippen molar-refractivity contribution in [3.8, 4) is 23.3 Å². The quantitative estimate of drug-likeness (QED) is 0.748. The van der Waals surface area contributed by atoms with Crippen LogP contribution in [0.3, 0.4) is 0 Å². The lowest BCUT2D eigenvalue weighted by Crippen LogP contribution is -1.92. The summed E-state index contributed by atoms with van der Waals surface area (Å²) in [4.78, 5) is 11.3. The predicted octanol–water partition coefficient (Wildman–Crippen LogP) is 2.42. The van der Waals surface area contributed by atoms with Crippen LogP contribution in [0.4, 0.5) is 0 Å². The smallest absolute Gasteiger partial charge is 0.205 e. The van der Waals surface area contributed by atoms with Crippen molar-refractivity contribution in [2.75, 3.05) is 14.2 Å². The summed E-state index contributed by atoms with van der Waals surface area (Å²) in [6, 6.07) is 5.33. The summed E-state index contributed by atoms with van der Waals surface area (Å²) in [7, 11) is 3.14. The molecule has 0 aliphatic heterocycles. The van der Waals surface area contributed by atoms with E-state index in [1.165, 1.54) is 0 Å². The van der Waals surface area contributed by atoms with Gasteiger partial charge in [-0.3, -0.25) is 4.79 Å². The molecule has 0 bridgehead atoms. The standard InChI is InChI=1S/C14H16O3/c1-4-5-12(15)8-6-11-7-9-13(16-2)14(10-11)17-3/h7,9-10H,4-5H2,1-3H3. The average molecular weight is 232 g/mol. The number of ether oxygens (including phenoxy) is 2. The normalized spacial score (nSPS) is 9.12. The van der Waals surface area contributed by atoms with Crippen LogP contribution in [0.1, 0.15) is 25.3 Å². The second-order valence-electron chi connectivity index (χ2n) is 3.49.